The summed E-state index contributed by atoms with van der Waals surface area (Å²) >= 11 is 2.99. The van der Waals surface area contributed by atoms with Crippen molar-refractivity contribution in [3.63, 3.8) is 0 Å². The van der Waals surface area contributed by atoms with Crippen molar-refractivity contribution in [1.29, 1.82) is 0 Å². The number of rotatable bonds is 5. The second-order valence-electron chi connectivity index (χ2n) is 5.72. The van der Waals surface area contributed by atoms with Crippen molar-refractivity contribution in [2.45, 2.75) is 24.1 Å². The van der Waals surface area contributed by atoms with Gasteiger partial charge in [0.2, 0.25) is 5.89 Å². The maximum atomic E-state index is 5.84. The second-order valence-corrected chi connectivity index (χ2v) is 7.86. The summed E-state index contributed by atoms with van der Waals surface area (Å²) in [6, 6.07) is 5.42. The van der Waals surface area contributed by atoms with Crippen LogP contribution in [-0.4, -0.2) is 34.4 Å². The van der Waals surface area contributed by atoms with Crippen LogP contribution in [0, 0.1) is 13.8 Å². The van der Waals surface area contributed by atoms with Crippen LogP contribution in [0.15, 0.2) is 39.2 Å². The molecule has 27 heavy (non-hydrogen) atoms. The van der Waals surface area contributed by atoms with Gasteiger partial charge in [-0.2, -0.15) is 0 Å². The molecule has 0 aliphatic heterocycles. The summed E-state index contributed by atoms with van der Waals surface area (Å²) in [7, 11) is 3.19. The molecule has 1 aromatic carbocycles. The Bertz CT molecular complexity index is 1100. The Morgan fingerprint density at radius 1 is 1.00 bits per heavy atom. The fraction of sp³-hybridized carbons (Fsp3) is 0.222. The van der Waals surface area contributed by atoms with E-state index in [1.165, 1.54) is 22.2 Å². The lowest BCUT2D eigenvalue weighted by molar-refractivity contribution is 0.394. The number of methoxy groups -OCH3 is 2. The van der Waals surface area contributed by atoms with Gasteiger partial charge in [0, 0.05) is 21.9 Å². The summed E-state index contributed by atoms with van der Waals surface area (Å²) in [5.74, 6) is 1.69. The topological polar surface area (TPSA) is 83.2 Å². The number of hydrogen-bond donors (Lipinski definition) is 0. The highest BCUT2D eigenvalue weighted by Crippen LogP contribution is 2.38. The zero-order chi connectivity index (χ0) is 19.0. The number of thiophene rings is 1. The van der Waals surface area contributed by atoms with E-state index in [0.717, 1.165) is 20.8 Å². The summed E-state index contributed by atoms with van der Waals surface area (Å²) in [4.78, 5) is 10.9. The second kappa shape index (κ2) is 7.16. The van der Waals surface area contributed by atoms with E-state index in [1.807, 2.05) is 12.1 Å². The van der Waals surface area contributed by atoms with E-state index in [2.05, 4.69) is 34.0 Å². The van der Waals surface area contributed by atoms with Crippen LogP contribution in [0.5, 0.6) is 11.5 Å². The molecule has 0 amide bonds. The van der Waals surface area contributed by atoms with Crippen molar-refractivity contribution < 1.29 is 13.9 Å². The molecule has 0 atom stereocenters. The maximum Gasteiger partial charge on any atom is 0.283 e. The predicted octanol–water partition coefficient (Wildman–Crippen LogP) is 4.53. The van der Waals surface area contributed by atoms with Gasteiger partial charge in [-0.1, -0.05) is 0 Å². The number of ether oxygens (including phenoxy) is 2. The number of hydrogen-bond acceptors (Lipinski definition) is 9. The number of aromatic nitrogens is 4. The van der Waals surface area contributed by atoms with E-state index >= 15 is 0 Å². The van der Waals surface area contributed by atoms with Gasteiger partial charge in [-0.3, -0.25) is 0 Å². The Labute approximate surface area is 163 Å². The van der Waals surface area contributed by atoms with Gasteiger partial charge in [0.25, 0.3) is 5.22 Å². The highest BCUT2D eigenvalue weighted by molar-refractivity contribution is 7.99. The Hall–Kier alpha value is -2.65. The maximum absolute atomic E-state index is 5.84. The third-order valence-electron chi connectivity index (χ3n) is 4.12. The van der Waals surface area contributed by atoms with Crippen molar-refractivity contribution in [2.75, 3.05) is 14.2 Å². The summed E-state index contributed by atoms with van der Waals surface area (Å²) in [6.07, 6.45) is 1.56. The molecule has 0 saturated carbocycles. The van der Waals surface area contributed by atoms with E-state index in [9.17, 15) is 0 Å². The molecule has 0 aliphatic rings. The van der Waals surface area contributed by atoms with Gasteiger partial charge in [0.15, 0.2) is 0 Å². The lowest BCUT2D eigenvalue weighted by atomic mass is 10.2. The molecule has 7 nitrogen and oxygen atoms in total. The average Bonchev–Trinajstić information content (AvgIpc) is 3.26. The van der Waals surface area contributed by atoms with E-state index in [1.54, 1.807) is 38.0 Å². The SMILES string of the molecule is COc1cc(OC)cc(-c2nnc(Sc3ncnc4sc(C)c(C)c34)o2)c1. The van der Waals surface area contributed by atoms with E-state index in [-0.39, 0.29) is 0 Å². The third kappa shape index (κ3) is 3.35. The molecule has 0 radical (unpaired) electrons. The van der Waals surface area contributed by atoms with Crippen LogP contribution in [0.4, 0.5) is 0 Å². The Balaban J connectivity index is 1.68. The van der Waals surface area contributed by atoms with Crippen LogP contribution in [-0.2, 0) is 0 Å². The molecular weight excluding hydrogens is 384 g/mol. The lowest BCUT2D eigenvalue weighted by Gasteiger charge is -2.05. The Morgan fingerprint density at radius 2 is 1.74 bits per heavy atom. The van der Waals surface area contributed by atoms with Crippen LogP contribution in [0.3, 0.4) is 0 Å². The van der Waals surface area contributed by atoms with Crippen molar-refractivity contribution in [3.05, 3.63) is 35.0 Å². The molecule has 0 aliphatic carbocycles. The molecule has 3 aromatic heterocycles. The minimum absolute atomic E-state index is 0.387. The number of aryl methyl sites for hydroxylation is 2. The average molecular weight is 400 g/mol. The van der Waals surface area contributed by atoms with Gasteiger partial charge in [0.05, 0.1) is 14.2 Å². The quantitative estimate of drug-likeness (QED) is 0.452. The molecule has 138 valence electrons. The highest BCUT2D eigenvalue weighted by atomic mass is 32.2. The molecular formula is C18H16N4O3S2. The molecule has 4 rings (SSSR count). The molecule has 3 heterocycles. The summed E-state index contributed by atoms with van der Waals surface area (Å²) < 4.78 is 16.4. The summed E-state index contributed by atoms with van der Waals surface area (Å²) in [5, 5.41) is 10.6. The first-order chi connectivity index (χ1) is 13.1. The van der Waals surface area contributed by atoms with Crippen molar-refractivity contribution in [2.24, 2.45) is 0 Å². The molecule has 0 N–H and O–H groups in total. The minimum Gasteiger partial charge on any atom is -0.497 e. The summed E-state index contributed by atoms with van der Waals surface area (Å²) in [6.45, 7) is 4.15. The first kappa shape index (κ1) is 17.7. The number of nitrogens with zero attached hydrogens (tertiary/aromatic N) is 4. The van der Waals surface area contributed by atoms with Gasteiger partial charge >= 0.3 is 0 Å². The van der Waals surface area contributed by atoms with Crippen molar-refractivity contribution in [1.82, 2.24) is 20.2 Å². The molecule has 0 bridgehead atoms. The zero-order valence-electron chi connectivity index (χ0n) is 15.1. The summed E-state index contributed by atoms with van der Waals surface area (Å²) in [5.41, 5.74) is 1.90. The van der Waals surface area contributed by atoms with Gasteiger partial charge in [-0.05, 0) is 43.3 Å². The van der Waals surface area contributed by atoms with Crippen LogP contribution in [0.1, 0.15) is 10.4 Å². The van der Waals surface area contributed by atoms with Gasteiger partial charge in [-0.15, -0.1) is 21.5 Å². The lowest BCUT2D eigenvalue weighted by Crippen LogP contribution is -1.88. The number of benzene rings is 1. The molecule has 9 heteroatoms. The van der Waals surface area contributed by atoms with Crippen LogP contribution in [0.2, 0.25) is 0 Å². The molecule has 0 spiro atoms. The Morgan fingerprint density at radius 3 is 2.44 bits per heavy atom. The van der Waals surface area contributed by atoms with Crippen LogP contribution in [0.25, 0.3) is 21.7 Å². The molecule has 0 saturated heterocycles. The fourth-order valence-corrected chi connectivity index (χ4v) is 4.49. The monoisotopic (exact) mass is 400 g/mol. The van der Waals surface area contributed by atoms with Crippen LogP contribution >= 0.6 is 23.1 Å². The molecule has 4 aromatic rings. The van der Waals surface area contributed by atoms with Gasteiger partial charge in [-0.25, -0.2) is 9.97 Å². The van der Waals surface area contributed by atoms with Gasteiger partial charge in [0.1, 0.15) is 27.7 Å². The largest absolute Gasteiger partial charge is 0.497 e. The smallest absolute Gasteiger partial charge is 0.283 e. The standard InChI is InChI=1S/C18H16N4O3S2/c1-9-10(2)26-16-14(9)17(20-8-19-16)27-18-22-21-15(25-18)11-5-12(23-3)7-13(6-11)24-4/h5-8H,1-4H3. The van der Waals surface area contributed by atoms with E-state index < -0.39 is 0 Å². The predicted molar refractivity (Wildman–Crippen MR) is 104 cm³/mol. The number of fused-ring (bicyclic) bond motifs is 1. The van der Waals surface area contributed by atoms with Gasteiger partial charge < -0.3 is 13.9 Å². The zero-order valence-corrected chi connectivity index (χ0v) is 16.8. The first-order valence-corrected chi connectivity index (χ1v) is 9.68. The molecule has 0 unspecified atom stereocenters. The molecule has 0 fully saturated rings. The Kier molecular flexibility index (Phi) is 4.71. The third-order valence-corrected chi connectivity index (χ3v) is 6.08. The van der Waals surface area contributed by atoms with Crippen LogP contribution < -0.4 is 9.47 Å². The van der Waals surface area contributed by atoms with Crippen molar-refractivity contribution >= 4 is 33.3 Å². The fourth-order valence-electron chi connectivity index (χ4n) is 2.61. The normalized spacial score (nSPS) is 11.1. The van der Waals surface area contributed by atoms with E-state index in [0.29, 0.717) is 22.6 Å². The minimum atomic E-state index is 0.387. The first-order valence-electron chi connectivity index (χ1n) is 8.04. The highest BCUT2D eigenvalue weighted by Gasteiger charge is 2.17. The van der Waals surface area contributed by atoms with E-state index in [4.69, 9.17) is 13.9 Å². The van der Waals surface area contributed by atoms with Crippen molar-refractivity contribution in [3.8, 4) is 23.0 Å².